The average molecular weight is 562 g/mol. The summed E-state index contributed by atoms with van der Waals surface area (Å²) >= 11 is 0. The first kappa shape index (κ1) is 27.6. The highest BCUT2D eigenvalue weighted by molar-refractivity contribution is 5.84. The van der Waals surface area contributed by atoms with Crippen LogP contribution in [0.4, 0.5) is 18.0 Å². The number of morpholine rings is 1. The van der Waals surface area contributed by atoms with Crippen LogP contribution in [0.5, 0.6) is 17.2 Å². The van der Waals surface area contributed by atoms with Gasteiger partial charge in [-0.25, -0.2) is 9.59 Å². The van der Waals surface area contributed by atoms with Crippen molar-refractivity contribution in [1.82, 2.24) is 14.8 Å². The molecule has 12 heteroatoms. The molecule has 3 aromatic rings. The number of amides is 2. The van der Waals surface area contributed by atoms with Gasteiger partial charge in [-0.3, -0.25) is 0 Å². The summed E-state index contributed by atoms with van der Waals surface area (Å²) in [6.45, 7) is 2.20. The van der Waals surface area contributed by atoms with E-state index in [0.717, 1.165) is 22.0 Å². The summed E-state index contributed by atoms with van der Waals surface area (Å²) in [7, 11) is 2.89. The lowest BCUT2D eigenvalue weighted by Crippen LogP contribution is -2.51. The Kier molecular flexibility index (Phi) is 7.79. The lowest BCUT2D eigenvalue weighted by atomic mass is 9.88. The van der Waals surface area contributed by atoms with Gasteiger partial charge < -0.3 is 33.7 Å². The Labute approximate surface area is 228 Å². The molecule has 0 spiro atoms. The minimum Gasteiger partial charge on any atom is -0.497 e. The molecule has 0 aliphatic carbocycles. The topological polar surface area (TPSA) is 93.3 Å². The molecular weight excluding hydrogens is 531 g/mol. The van der Waals surface area contributed by atoms with Crippen LogP contribution in [0.25, 0.3) is 10.9 Å². The minimum absolute atomic E-state index is 0.0202. The standard InChI is InChI=1S/C28H30F3N3O6/c1-37-19-4-5-22-20(14-19)18(16-32-22)3-6-23-21-15-25(40-26(35)28(29,30)31)24(38-2)13-17(21)7-8-34(23)27(36)33-9-11-39-12-10-33/h4-5,13-16,23,32H,3,6-12H2,1-2H3. The van der Waals surface area contributed by atoms with Crippen molar-refractivity contribution in [2.75, 3.05) is 47.1 Å². The smallest absolute Gasteiger partial charge is 0.491 e. The summed E-state index contributed by atoms with van der Waals surface area (Å²) in [5, 5.41) is 0.982. The summed E-state index contributed by atoms with van der Waals surface area (Å²) in [6.07, 6.45) is -1.75. The van der Waals surface area contributed by atoms with Crippen LogP contribution in [0.1, 0.15) is 29.2 Å². The van der Waals surface area contributed by atoms with E-state index >= 15 is 0 Å². The van der Waals surface area contributed by atoms with Crippen molar-refractivity contribution in [2.24, 2.45) is 0 Å². The highest BCUT2D eigenvalue weighted by Gasteiger charge is 2.42. The van der Waals surface area contributed by atoms with E-state index in [1.165, 1.54) is 13.2 Å². The molecule has 2 amide bonds. The second-order valence-corrected chi connectivity index (χ2v) is 9.69. The van der Waals surface area contributed by atoms with E-state index in [-0.39, 0.29) is 17.5 Å². The van der Waals surface area contributed by atoms with Crippen LogP contribution in [0.2, 0.25) is 0 Å². The lowest BCUT2D eigenvalue weighted by Gasteiger charge is -2.41. The highest BCUT2D eigenvalue weighted by atomic mass is 19.4. The number of rotatable bonds is 6. The van der Waals surface area contributed by atoms with Crippen LogP contribution in [-0.4, -0.2) is 80.0 Å². The molecule has 40 heavy (non-hydrogen) atoms. The Morgan fingerprint density at radius 3 is 2.52 bits per heavy atom. The number of methoxy groups -OCH3 is 2. The maximum absolute atomic E-state index is 13.7. The number of benzene rings is 2. The quantitative estimate of drug-likeness (QED) is 0.348. The summed E-state index contributed by atoms with van der Waals surface area (Å²) in [6, 6.07) is 8.07. The normalized spacial score (nSPS) is 17.5. The van der Waals surface area contributed by atoms with Crippen molar-refractivity contribution in [2.45, 2.75) is 31.5 Å². The Hall–Kier alpha value is -3.93. The third-order valence-corrected chi connectivity index (χ3v) is 7.41. The van der Waals surface area contributed by atoms with E-state index in [0.29, 0.717) is 63.4 Å². The summed E-state index contributed by atoms with van der Waals surface area (Å²) in [4.78, 5) is 32.1. The maximum Gasteiger partial charge on any atom is 0.491 e. The van der Waals surface area contributed by atoms with Crippen molar-refractivity contribution < 1.29 is 41.7 Å². The van der Waals surface area contributed by atoms with E-state index < -0.39 is 18.2 Å². The number of aryl methyl sites for hydroxylation is 1. The number of nitrogens with one attached hydrogen (secondary N) is 1. The van der Waals surface area contributed by atoms with E-state index in [4.69, 9.17) is 18.9 Å². The summed E-state index contributed by atoms with van der Waals surface area (Å²) in [5.41, 5.74) is 3.39. The molecule has 2 aliphatic rings. The number of aromatic nitrogens is 1. The molecule has 5 rings (SSSR count). The number of esters is 1. The summed E-state index contributed by atoms with van der Waals surface area (Å²) in [5.74, 6) is -1.95. The van der Waals surface area contributed by atoms with Gasteiger partial charge in [0.05, 0.1) is 33.5 Å². The molecule has 0 saturated carbocycles. The van der Waals surface area contributed by atoms with E-state index in [9.17, 15) is 22.8 Å². The fraction of sp³-hybridized carbons (Fsp3) is 0.429. The van der Waals surface area contributed by atoms with Crippen LogP contribution in [0, 0.1) is 0 Å². The number of halogens is 3. The zero-order chi connectivity index (χ0) is 28.4. The van der Waals surface area contributed by atoms with Crippen LogP contribution in [0.15, 0.2) is 36.5 Å². The highest BCUT2D eigenvalue weighted by Crippen LogP contribution is 2.41. The number of fused-ring (bicyclic) bond motifs is 2. The molecule has 1 fully saturated rings. The van der Waals surface area contributed by atoms with Gasteiger partial charge in [0.1, 0.15) is 5.75 Å². The molecule has 1 unspecified atom stereocenters. The Morgan fingerprint density at radius 2 is 1.82 bits per heavy atom. The number of aromatic amines is 1. The molecule has 3 heterocycles. The first-order valence-corrected chi connectivity index (χ1v) is 13.0. The number of hydrogen-bond donors (Lipinski definition) is 1. The van der Waals surface area contributed by atoms with Crippen LogP contribution >= 0.6 is 0 Å². The molecule has 1 saturated heterocycles. The van der Waals surface area contributed by atoms with E-state index in [1.54, 1.807) is 23.0 Å². The molecule has 9 nitrogen and oxygen atoms in total. The predicted molar refractivity (Wildman–Crippen MR) is 139 cm³/mol. The zero-order valence-corrected chi connectivity index (χ0v) is 22.2. The Bertz CT molecular complexity index is 1400. The van der Waals surface area contributed by atoms with Gasteiger partial charge in [0.25, 0.3) is 0 Å². The third-order valence-electron chi connectivity index (χ3n) is 7.41. The molecular formula is C28H30F3N3O6. The molecule has 2 aromatic carbocycles. The van der Waals surface area contributed by atoms with Gasteiger partial charge in [0, 0.05) is 36.7 Å². The van der Waals surface area contributed by atoms with Crippen molar-refractivity contribution in [1.29, 1.82) is 0 Å². The van der Waals surface area contributed by atoms with Crippen LogP contribution in [0.3, 0.4) is 0 Å². The number of carbonyl (C=O) groups is 2. The minimum atomic E-state index is -5.17. The number of H-pyrrole nitrogens is 1. The Balaban J connectivity index is 1.51. The van der Waals surface area contributed by atoms with E-state index in [1.807, 2.05) is 24.4 Å². The van der Waals surface area contributed by atoms with Crippen molar-refractivity contribution >= 4 is 22.9 Å². The zero-order valence-electron chi connectivity index (χ0n) is 22.2. The molecule has 1 atom stereocenters. The fourth-order valence-corrected chi connectivity index (χ4v) is 5.37. The molecule has 1 N–H and O–H groups in total. The largest absolute Gasteiger partial charge is 0.497 e. The molecule has 2 aliphatic heterocycles. The molecule has 214 valence electrons. The summed E-state index contributed by atoms with van der Waals surface area (Å²) < 4.78 is 59.8. The average Bonchev–Trinajstić information content (AvgIpc) is 3.37. The lowest BCUT2D eigenvalue weighted by molar-refractivity contribution is -0.189. The first-order chi connectivity index (χ1) is 19.2. The van der Waals surface area contributed by atoms with Gasteiger partial charge in [-0.05, 0) is 66.3 Å². The Morgan fingerprint density at radius 1 is 1.05 bits per heavy atom. The van der Waals surface area contributed by atoms with Gasteiger partial charge in [0.2, 0.25) is 0 Å². The van der Waals surface area contributed by atoms with Gasteiger partial charge >= 0.3 is 18.2 Å². The fourth-order valence-electron chi connectivity index (χ4n) is 5.37. The number of hydrogen-bond acceptors (Lipinski definition) is 6. The van der Waals surface area contributed by atoms with Gasteiger partial charge in [0.15, 0.2) is 11.5 Å². The number of alkyl halides is 3. The number of ether oxygens (including phenoxy) is 4. The molecule has 0 bridgehead atoms. The van der Waals surface area contributed by atoms with E-state index in [2.05, 4.69) is 4.98 Å². The molecule has 1 aromatic heterocycles. The number of carbonyl (C=O) groups excluding carboxylic acids is 2. The maximum atomic E-state index is 13.7. The SMILES string of the molecule is COc1ccc2[nH]cc(CCC3c4cc(OC(=O)C(F)(F)F)c(OC)cc4CCN3C(=O)N3CCOCC3)c2c1. The van der Waals surface area contributed by atoms with Gasteiger partial charge in [-0.2, -0.15) is 13.2 Å². The second kappa shape index (κ2) is 11.3. The number of urea groups is 1. The van der Waals surface area contributed by atoms with Crippen LogP contribution < -0.4 is 14.2 Å². The first-order valence-electron chi connectivity index (χ1n) is 13.0. The molecule has 0 radical (unpaired) electrons. The van der Waals surface area contributed by atoms with Crippen molar-refractivity contribution in [3.63, 3.8) is 0 Å². The van der Waals surface area contributed by atoms with Gasteiger partial charge in [-0.1, -0.05) is 0 Å². The third kappa shape index (κ3) is 5.53. The van der Waals surface area contributed by atoms with Crippen molar-refractivity contribution in [3.8, 4) is 17.2 Å². The number of nitrogens with zero attached hydrogens (tertiary/aromatic N) is 2. The van der Waals surface area contributed by atoms with Crippen molar-refractivity contribution in [3.05, 3.63) is 53.2 Å². The second-order valence-electron chi connectivity index (χ2n) is 9.69. The monoisotopic (exact) mass is 561 g/mol. The predicted octanol–water partition coefficient (Wildman–Crippen LogP) is 4.64. The van der Waals surface area contributed by atoms with Gasteiger partial charge in [-0.15, -0.1) is 0 Å². The van der Waals surface area contributed by atoms with Crippen LogP contribution in [-0.2, 0) is 22.4 Å².